The fourth-order valence-electron chi connectivity index (χ4n) is 3.94. The van der Waals surface area contributed by atoms with Gasteiger partial charge >= 0.3 is 0 Å². The Morgan fingerprint density at radius 1 is 1.17 bits per heavy atom. The first-order valence-corrected chi connectivity index (χ1v) is 11.8. The quantitative estimate of drug-likeness (QED) is 0.207. The van der Waals surface area contributed by atoms with E-state index in [-0.39, 0.29) is 17.9 Å². The number of aliphatic hydroxyl groups is 3. The van der Waals surface area contributed by atoms with Gasteiger partial charge in [0, 0.05) is 12.3 Å². The van der Waals surface area contributed by atoms with E-state index < -0.39 is 17.8 Å². The van der Waals surface area contributed by atoms with Gasteiger partial charge in [-0.1, -0.05) is 59.4 Å². The second-order valence-corrected chi connectivity index (χ2v) is 9.53. The van der Waals surface area contributed by atoms with E-state index in [2.05, 4.69) is 27.9 Å². The van der Waals surface area contributed by atoms with E-state index in [1.807, 2.05) is 32.9 Å². The topological polar surface area (TPSA) is 69.9 Å². The van der Waals surface area contributed by atoms with Crippen molar-refractivity contribution in [3.8, 4) is 0 Å². The van der Waals surface area contributed by atoms with Gasteiger partial charge < -0.3 is 20.1 Å². The molecule has 5 atom stereocenters. The first kappa shape index (κ1) is 26.5. The number of hydrogen-bond donors (Lipinski definition) is 3. The molecular weight excluding hydrogens is 383 g/mol. The van der Waals surface area contributed by atoms with Crippen LogP contribution in [0.1, 0.15) is 85.5 Å². The van der Waals surface area contributed by atoms with Crippen LogP contribution in [0.3, 0.4) is 0 Å². The van der Waals surface area contributed by atoms with E-state index >= 15 is 0 Å². The third kappa shape index (κ3) is 10.9. The van der Waals surface area contributed by atoms with Crippen LogP contribution in [-0.4, -0.2) is 44.7 Å². The summed E-state index contributed by atoms with van der Waals surface area (Å²) < 4.78 is 5.58. The molecule has 4 nitrogen and oxygen atoms in total. The first-order chi connectivity index (χ1) is 13.7. The minimum absolute atomic E-state index is 0.00820. The molecule has 0 aromatic carbocycles. The van der Waals surface area contributed by atoms with Gasteiger partial charge in [-0.3, -0.25) is 0 Å². The number of aliphatic hydroxyl groups excluding tert-OH is 2. The lowest BCUT2D eigenvalue weighted by atomic mass is 9.88. The first-order valence-electron chi connectivity index (χ1n) is 11.3. The SMILES string of the molecule is CCCCC[C@](C)(O)/C=C/[C@@H]1[C@@H](C/C=C\CCCC(=P)OC(C)C)[C@@H](O)C[C@@H]1O. The van der Waals surface area contributed by atoms with Crippen molar-refractivity contribution < 1.29 is 20.1 Å². The van der Waals surface area contributed by atoms with Crippen molar-refractivity contribution in [2.45, 2.75) is 109 Å². The lowest BCUT2D eigenvalue weighted by molar-refractivity contribution is 0.0954. The molecule has 168 valence electrons. The monoisotopic (exact) mass is 426 g/mol. The molecule has 0 aromatic heterocycles. The highest BCUT2D eigenvalue weighted by molar-refractivity contribution is 7.20. The predicted octanol–water partition coefficient (Wildman–Crippen LogP) is 5.05. The van der Waals surface area contributed by atoms with Gasteiger partial charge in [-0.2, -0.15) is 0 Å². The molecule has 0 radical (unpaired) electrons. The Hall–Kier alpha value is -0.510. The molecule has 1 aliphatic carbocycles. The van der Waals surface area contributed by atoms with Gasteiger partial charge in [-0.25, -0.2) is 0 Å². The van der Waals surface area contributed by atoms with Gasteiger partial charge in [0.25, 0.3) is 0 Å². The Balaban J connectivity index is 2.49. The van der Waals surface area contributed by atoms with Gasteiger partial charge in [0.05, 0.1) is 29.4 Å². The maximum Gasteiger partial charge on any atom is 0.0799 e. The van der Waals surface area contributed by atoms with Crippen LogP contribution >= 0.6 is 8.86 Å². The maximum atomic E-state index is 10.6. The highest BCUT2D eigenvalue weighted by Crippen LogP contribution is 2.37. The van der Waals surface area contributed by atoms with Crippen molar-refractivity contribution >= 4 is 14.3 Å². The van der Waals surface area contributed by atoms with Crippen LogP contribution < -0.4 is 0 Å². The van der Waals surface area contributed by atoms with Crippen LogP contribution in [-0.2, 0) is 4.74 Å². The van der Waals surface area contributed by atoms with Crippen LogP contribution in [0.15, 0.2) is 24.3 Å². The second kappa shape index (κ2) is 13.7. The summed E-state index contributed by atoms with van der Waals surface area (Å²) in [4.78, 5) is 0. The molecule has 0 bridgehead atoms. The third-order valence-electron chi connectivity index (χ3n) is 5.61. The fraction of sp³-hybridized carbons (Fsp3) is 0.792. The molecule has 1 fully saturated rings. The van der Waals surface area contributed by atoms with Gasteiger partial charge in [-0.05, 0) is 58.8 Å². The molecule has 0 saturated heterocycles. The standard InChI is InChI=1S/C24H43O4P/c1-5-6-11-15-24(4,27)16-14-20-19(21(25)17-22(20)26)12-9-7-8-10-13-23(29)28-18(2)3/h7,9,14,16,18-22,25-27,29H,5-6,8,10-13,15,17H2,1-4H3/b9-7-,16-14+/t19-,20-,21+,22+,24+/m1/s1. The van der Waals surface area contributed by atoms with Crippen molar-refractivity contribution in [2.75, 3.05) is 0 Å². The van der Waals surface area contributed by atoms with Crippen molar-refractivity contribution in [1.29, 1.82) is 0 Å². The highest BCUT2D eigenvalue weighted by Gasteiger charge is 2.39. The molecular formula is C24H43O4P. The number of rotatable bonds is 14. The number of unbranched alkanes of at least 4 members (excludes halogenated alkanes) is 3. The van der Waals surface area contributed by atoms with E-state index in [1.165, 1.54) is 0 Å². The summed E-state index contributed by atoms with van der Waals surface area (Å²) >= 11 is 0. The molecule has 1 saturated carbocycles. The Labute approximate surface area is 180 Å². The smallest absolute Gasteiger partial charge is 0.0799 e. The van der Waals surface area contributed by atoms with Crippen molar-refractivity contribution in [1.82, 2.24) is 0 Å². The van der Waals surface area contributed by atoms with Crippen molar-refractivity contribution in [3.05, 3.63) is 24.3 Å². The molecule has 0 aromatic rings. The Morgan fingerprint density at radius 3 is 2.55 bits per heavy atom. The molecule has 0 amide bonds. The average molecular weight is 427 g/mol. The second-order valence-electron chi connectivity index (χ2n) is 8.97. The zero-order chi connectivity index (χ0) is 21.9. The van der Waals surface area contributed by atoms with Crippen molar-refractivity contribution in [3.63, 3.8) is 0 Å². The summed E-state index contributed by atoms with van der Waals surface area (Å²) in [6.45, 7) is 7.99. The zero-order valence-corrected chi connectivity index (χ0v) is 19.8. The van der Waals surface area contributed by atoms with Crippen LogP contribution in [0.25, 0.3) is 0 Å². The summed E-state index contributed by atoms with van der Waals surface area (Å²) in [7, 11) is 3.51. The summed E-state index contributed by atoms with van der Waals surface area (Å²) in [5.41, 5.74) is 0.0313. The van der Waals surface area contributed by atoms with Gasteiger partial charge in [0.2, 0.25) is 0 Å². The molecule has 1 aliphatic rings. The molecule has 5 heteroatoms. The Morgan fingerprint density at radius 2 is 1.90 bits per heavy atom. The Bertz CT molecular complexity index is 527. The summed E-state index contributed by atoms with van der Waals surface area (Å²) in [6.07, 6.45) is 15.1. The molecule has 0 unspecified atom stereocenters. The van der Waals surface area contributed by atoms with Crippen molar-refractivity contribution in [2.24, 2.45) is 11.8 Å². The fourth-order valence-corrected chi connectivity index (χ4v) is 4.35. The number of hydrogen-bond acceptors (Lipinski definition) is 4. The Kier molecular flexibility index (Phi) is 12.6. The third-order valence-corrected chi connectivity index (χ3v) is 5.98. The van der Waals surface area contributed by atoms with Gasteiger partial charge in [0.15, 0.2) is 0 Å². The van der Waals surface area contributed by atoms with Gasteiger partial charge in [0.1, 0.15) is 0 Å². The van der Waals surface area contributed by atoms with E-state index in [1.54, 1.807) is 0 Å². The summed E-state index contributed by atoms with van der Waals surface area (Å²) in [5.74, 6) is -0.125. The van der Waals surface area contributed by atoms with E-state index in [9.17, 15) is 15.3 Å². The molecule has 0 heterocycles. The minimum Gasteiger partial charge on any atom is -0.393 e. The summed E-state index contributed by atoms with van der Waals surface area (Å²) in [5, 5.41) is 31.3. The van der Waals surface area contributed by atoms with Crippen LogP contribution in [0, 0.1) is 11.8 Å². The van der Waals surface area contributed by atoms with Gasteiger partial charge in [-0.15, -0.1) is 0 Å². The van der Waals surface area contributed by atoms with Crippen LogP contribution in [0.2, 0.25) is 0 Å². The van der Waals surface area contributed by atoms with E-state index in [0.717, 1.165) is 56.8 Å². The average Bonchev–Trinajstić information content (AvgIpc) is 2.88. The molecule has 0 spiro atoms. The number of ether oxygens (including phenoxy) is 1. The van der Waals surface area contributed by atoms with E-state index in [0.29, 0.717) is 6.42 Å². The maximum absolute atomic E-state index is 10.6. The molecule has 3 N–H and O–H groups in total. The highest BCUT2D eigenvalue weighted by atomic mass is 31.0. The minimum atomic E-state index is -0.857. The normalized spacial score (nSPS) is 27.3. The predicted molar refractivity (Wildman–Crippen MR) is 125 cm³/mol. The lowest BCUT2D eigenvalue weighted by Gasteiger charge is -2.23. The van der Waals surface area contributed by atoms with E-state index in [4.69, 9.17) is 4.74 Å². The lowest BCUT2D eigenvalue weighted by Crippen LogP contribution is -2.24. The van der Waals surface area contributed by atoms with Crippen LogP contribution in [0.5, 0.6) is 0 Å². The summed E-state index contributed by atoms with van der Waals surface area (Å²) in [6, 6.07) is 0. The zero-order valence-electron chi connectivity index (χ0n) is 18.8. The largest absolute Gasteiger partial charge is 0.393 e. The van der Waals surface area contributed by atoms with Crippen LogP contribution in [0.4, 0.5) is 0 Å². The molecule has 29 heavy (non-hydrogen) atoms. The number of allylic oxidation sites excluding steroid dienone is 2. The molecule has 1 rings (SSSR count). The molecule has 0 aliphatic heterocycles.